The van der Waals surface area contributed by atoms with E-state index in [-0.39, 0.29) is 11.3 Å². The molecule has 0 saturated carbocycles. The Hall–Kier alpha value is -3.20. The second-order valence-electron chi connectivity index (χ2n) is 7.14. The number of hydrogen-bond donors (Lipinski definition) is 1. The van der Waals surface area contributed by atoms with Crippen molar-refractivity contribution in [2.75, 3.05) is 7.11 Å². The van der Waals surface area contributed by atoms with Crippen LogP contribution in [0.4, 0.5) is 5.69 Å². The summed E-state index contributed by atoms with van der Waals surface area (Å²) < 4.78 is 4.94. The minimum atomic E-state index is -0.777. The number of hydrogen-bond acceptors (Lipinski definition) is 7. The van der Waals surface area contributed by atoms with Gasteiger partial charge in [-0.05, 0) is 48.4 Å². The lowest BCUT2D eigenvalue weighted by molar-refractivity contribution is -0.398. The minimum Gasteiger partial charge on any atom is -0.865 e. The predicted octanol–water partition coefficient (Wildman–Crippen LogP) is 3.27. The molecule has 0 unspecified atom stereocenters. The summed E-state index contributed by atoms with van der Waals surface area (Å²) >= 11 is 1.55. The Labute approximate surface area is 169 Å². The molecule has 3 aromatic rings. The molecule has 2 aromatic heterocycles. The van der Waals surface area contributed by atoms with Gasteiger partial charge >= 0.3 is 0 Å². The number of thiophene rings is 1. The number of ether oxygens (including phenoxy) is 1. The third kappa shape index (κ3) is 3.49. The van der Waals surface area contributed by atoms with E-state index in [1.54, 1.807) is 23.5 Å². The number of benzene rings is 1. The number of nitrogens with zero attached hydrogens (tertiary/aromatic N) is 2. The maximum Gasteiger partial charge on any atom is 0.266 e. The van der Waals surface area contributed by atoms with Crippen LogP contribution in [0.2, 0.25) is 0 Å². The van der Waals surface area contributed by atoms with Crippen molar-refractivity contribution >= 4 is 39.4 Å². The maximum atomic E-state index is 12.6. The van der Waals surface area contributed by atoms with Crippen LogP contribution in [0, 0.1) is 16.0 Å². The highest BCUT2D eigenvalue weighted by Crippen LogP contribution is 2.36. The molecule has 0 spiro atoms. The molecule has 0 radical (unpaired) electrons. The summed E-state index contributed by atoms with van der Waals surface area (Å²) in [6.45, 7) is 2.21. The van der Waals surface area contributed by atoms with Crippen molar-refractivity contribution in [1.29, 1.82) is 0 Å². The Bertz CT molecular complexity index is 1210. The first-order valence-corrected chi connectivity index (χ1v) is 9.95. The zero-order valence-electron chi connectivity index (χ0n) is 15.9. The van der Waals surface area contributed by atoms with Crippen LogP contribution in [0.3, 0.4) is 0 Å². The van der Waals surface area contributed by atoms with Crippen molar-refractivity contribution in [2.45, 2.75) is 26.2 Å². The summed E-state index contributed by atoms with van der Waals surface area (Å²) in [5.41, 5.74) is 0.759. The van der Waals surface area contributed by atoms with Crippen molar-refractivity contribution in [1.82, 2.24) is 9.97 Å². The van der Waals surface area contributed by atoms with Crippen molar-refractivity contribution in [3.63, 3.8) is 0 Å². The van der Waals surface area contributed by atoms with Gasteiger partial charge in [-0.25, -0.2) is 4.98 Å². The molecule has 1 aliphatic carbocycles. The number of nitrogens with one attached hydrogen (secondary N) is 1. The van der Waals surface area contributed by atoms with Gasteiger partial charge in [0.15, 0.2) is 0 Å². The van der Waals surface area contributed by atoms with Crippen molar-refractivity contribution < 1.29 is 14.8 Å². The molecule has 0 saturated heterocycles. The topological polar surface area (TPSA) is 121 Å². The van der Waals surface area contributed by atoms with Gasteiger partial charge < -0.3 is 14.8 Å². The van der Waals surface area contributed by atoms with E-state index in [1.807, 2.05) is 0 Å². The number of aryl methyl sites for hydroxylation is 1. The summed E-state index contributed by atoms with van der Waals surface area (Å²) in [7, 11) is 1.28. The molecule has 1 aromatic carbocycles. The smallest absolute Gasteiger partial charge is 0.266 e. The number of methoxy groups -OCH3 is 1. The van der Waals surface area contributed by atoms with Crippen LogP contribution in [0.25, 0.3) is 22.4 Å². The Kier molecular flexibility index (Phi) is 4.83. The molecular formula is C20H18N3O5S-. The maximum absolute atomic E-state index is 12.6. The van der Waals surface area contributed by atoms with E-state index < -0.39 is 16.4 Å². The van der Waals surface area contributed by atoms with Crippen LogP contribution < -0.4 is 15.4 Å². The molecule has 29 heavy (non-hydrogen) atoms. The molecule has 4 rings (SSSR count). The highest BCUT2D eigenvalue weighted by Gasteiger charge is 2.22. The van der Waals surface area contributed by atoms with E-state index in [4.69, 9.17) is 4.74 Å². The molecule has 1 aliphatic rings. The van der Waals surface area contributed by atoms with Crippen LogP contribution in [-0.4, -0.2) is 22.0 Å². The first-order chi connectivity index (χ1) is 13.9. The summed E-state index contributed by atoms with van der Waals surface area (Å²) in [5.74, 6) is 0.0579. The van der Waals surface area contributed by atoms with E-state index in [0.717, 1.165) is 24.8 Å². The quantitative estimate of drug-likeness (QED) is 0.518. The molecule has 0 bridgehead atoms. The number of aromatic nitrogens is 2. The Morgan fingerprint density at radius 2 is 2.17 bits per heavy atom. The fraction of sp³-hybridized carbons (Fsp3) is 0.300. The summed E-state index contributed by atoms with van der Waals surface area (Å²) in [6.07, 6.45) is 6.03. The van der Waals surface area contributed by atoms with Gasteiger partial charge in [0.2, 0.25) is 0 Å². The molecule has 2 heterocycles. The zero-order chi connectivity index (χ0) is 20.7. The lowest BCUT2D eigenvalue weighted by atomic mass is 9.89. The summed E-state index contributed by atoms with van der Waals surface area (Å²) in [5, 5.41) is 23.7. The van der Waals surface area contributed by atoms with E-state index in [9.17, 15) is 20.0 Å². The molecule has 0 fully saturated rings. The molecule has 8 nitrogen and oxygen atoms in total. The highest BCUT2D eigenvalue weighted by molar-refractivity contribution is 7.18. The molecular weight excluding hydrogens is 394 g/mol. The van der Waals surface area contributed by atoms with Gasteiger partial charge in [0.05, 0.1) is 17.4 Å². The molecule has 9 heteroatoms. The standard InChI is InChI=1S/C20H19N3O5S/c1-10-3-5-12-15(7-10)29-20-17(12)19(25)21-16(22-20)6-4-11-8-13(23(26)27)18(24)14(9-11)28-2/h4,6,8-10,24H,3,5,7H2,1-2H3,(H,21,22,25)/p-1/b6-4+/t10-/m1/s1. The molecule has 0 aliphatic heterocycles. The average molecular weight is 412 g/mol. The van der Waals surface area contributed by atoms with E-state index in [2.05, 4.69) is 16.9 Å². The number of fused-ring (bicyclic) bond motifs is 3. The fourth-order valence-corrected chi connectivity index (χ4v) is 5.00. The first-order valence-electron chi connectivity index (χ1n) is 9.13. The molecule has 1 N–H and O–H groups in total. The van der Waals surface area contributed by atoms with E-state index in [1.165, 1.54) is 24.1 Å². The normalized spacial score (nSPS) is 16.3. The number of H-pyrrole nitrogens is 1. The Balaban J connectivity index is 1.73. The van der Waals surface area contributed by atoms with Gasteiger partial charge in [-0.15, -0.1) is 11.3 Å². The second-order valence-corrected chi connectivity index (χ2v) is 8.23. The largest absolute Gasteiger partial charge is 0.865 e. The Morgan fingerprint density at radius 1 is 1.38 bits per heavy atom. The third-order valence-corrected chi connectivity index (χ3v) is 6.24. The van der Waals surface area contributed by atoms with Gasteiger partial charge in [0.25, 0.3) is 11.2 Å². The van der Waals surface area contributed by atoms with Gasteiger partial charge in [0.1, 0.15) is 16.4 Å². The summed E-state index contributed by atoms with van der Waals surface area (Å²) in [6, 6.07) is 2.58. The number of nitro groups is 1. The van der Waals surface area contributed by atoms with Gasteiger partial charge in [-0.3, -0.25) is 14.9 Å². The van der Waals surface area contributed by atoms with Crippen LogP contribution >= 0.6 is 11.3 Å². The van der Waals surface area contributed by atoms with Crippen LogP contribution in [0.1, 0.15) is 35.2 Å². The summed E-state index contributed by atoms with van der Waals surface area (Å²) in [4.78, 5) is 32.2. The van der Waals surface area contributed by atoms with Crippen molar-refractivity contribution in [3.8, 4) is 11.5 Å². The first kappa shape index (κ1) is 19.1. The van der Waals surface area contributed by atoms with Crippen molar-refractivity contribution in [2.24, 2.45) is 5.92 Å². The molecule has 0 amide bonds. The SMILES string of the molecule is COc1cc(/C=C/c2nc3sc4c(c3c(=O)[nH]2)CC[C@@H](C)C4)cc([N+](=O)[O-])c1[O-]. The molecule has 1 atom stereocenters. The van der Waals surface area contributed by atoms with E-state index in [0.29, 0.717) is 27.5 Å². The third-order valence-electron chi connectivity index (χ3n) is 5.09. The van der Waals surface area contributed by atoms with Crippen LogP contribution in [0.5, 0.6) is 11.5 Å². The number of rotatable bonds is 4. The number of aromatic amines is 1. The van der Waals surface area contributed by atoms with Crippen LogP contribution in [-0.2, 0) is 12.8 Å². The lowest BCUT2D eigenvalue weighted by Crippen LogP contribution is -2.13. The highest BCUT2D eigenvalue weighted by atomic mass is 32.1. The average Bonchev–Trinajstić information content (AvgIpc) is 3.04. The van der Waals surface area contributed by atoms with Gasteiger partial charge in [0, 0.05) is 16.7 Å². The van der Waals surface area contributed by atoms with Crippen molar-refractivity contribution in [3.05, 3.63) is 54.4 Å². The molecule has 150 valence electrons. The van der Waals surface area contributed by atoms with Gasteiger partial charge in [-0.2, -0.15) is 0 Å². The fourth-order valence-electron chi connectivity index (χ4n) is 3.61. The minimum absolute atomic E-state index is 0.115. The predicted molar refractivity (Wildman–Crippen MR) is 109 cm³/mol. The van der Waals surface area contributed by atoms with Crippen LogP contribution in [0.15, 0.2) is 16.9 Å². The number of nitro benzene ring substituents is 1. The monoisotopic (exact) mass is 412 g/mol. The van der Waals surface area contributed by atoms with Gasteiger partial charge in [-0.1, -0.05) is 13.0 Å². The second kappa shape index (κ2) is 7.32. The Morgan fingerprint density at radius 3 is 2.90 bits per heavy atom. The lowest BCUT2D eigenvalue weighted by Gasteiger charge is -2.17. The van der Waals surface area contributed by atoms with E-state index >= 15 is 0 Å². The zero-order valence-corrected chi connectivity index (χ0v) is 16.7.